The maximum Gasteiger partial charge on any atom is 0.329 e. The highest BCUT2D eigenvalue weighted by Gasteiger charge is 2.23. The van der Waals surface area contributed by atoms with E-state index in [0.29, 0.717) is 9.21 Å². The smallest absolute Gasteiger partial charge is 0.329 e. The lowest BCUT2D eigenvalue weighted by molar-refractivity contribution is -0.143. The first-order valence-electron chi connectivity index (χ1n) is 9.99. The second-order valence-electron chi connectivity index (χ2n) is 7.59. The highest BCUT2D eigenvalue weighted by atomic mass is 35.5. The van der Waals surface area contributed by atoms with Gasteiger partial charge in [-0.25, -0.2) is 4.79 Å². The van der Waals surface area contributed by atoms with E-state index in [1.165, 1.54) is 11.1 Å². The van der Waals surface area contributed by atoms with E-state index < -0.39 is 24.5 Å². The molecule has 0 saturated heterocycles. The SMILES string of the molecule is CN1CCc2ccc(CC(=O)C(COCC(=O)O)NC(=O)c3ccc(Cl)s3)cc2CC1. The van der Waals surface area contributed by atoms with Crippen molar-refractivity contribution in [3.05, 3.63) is 56.2 Å². The van der Waals surface area contributed by atoms with Crippen molar-refractivity contribution in [2.75, 3.05) is 33.4 Å². The number of rotatable bonds is 9. The van der Waals surface area contributed by atoms with Gasteiger partial charge in [0.2, 0.25) is 0 Å². The Bertz CT molecular complexity index is 961. The Hall–Kier alpha value is -2.26. The number of ketones is 1. The highest BCUT2D eigenvalue weighted by molar-refractivity contribution is 7.18. The van der Waals surface area contributed by atoms with Gasteiger partial charge < -0.3 is 20.1 Å². The molecule has 0 fully saturated rings. The van der Waals surface area contributed by atoms with E-state index in [1.54, 1.807) is 12.1 Å². The molecule has 1 aromatic carbocycles. The number of hydrogen-bond acceptors (Lipinski definition) is 6. The van der Waals surface area contributed by atoms with Crippen LogP contribution < -0.4 is 5.32 Å². The number of Topliss-reactive ketones (excluding diaryl/α,β-unsaturated/α-hetero) is 1. The first-order valence-corrected chi connectivity index (χ1v) is 11.2. The van der Waals surface area contributed by atoms with Crippen LogP contribution >= 0.6 is 22.9 Å². The number of thiophene rings is 1. The van der Waals surface area contributed by atoms with Gasteiger partial charge in [-0.05, 0) is 48.7 Å². The van der Waals surface area contributed by atoms with Crippen molar-refractivity contribution in [3.8, 4) is 0 Å². The molecule has 9 heteroatoms. The molecule has 1 amide bonds. The van der Waals surface area contributed by atoms with E-state index in [1.807, 2.05) is 6.07 Å². The minimum absolute atomic E-state index is 0.121. The maximum absolute atomic E-state index is 13.0. The summed E-state index contributed by atoms with van der Waals surface area (Å²) in [5.74, 6) is -1.83. The number of carbonyl (C=O) groups is 3. The molecule has 3 rings (SSSR count). The molecule has 31 heavy (non-hydrogen) atoms. The van der Waals surface area contributed by atoms with Crippen LogP contribution in [0.5, 0.6) is 0 Å². The molecule has 1 aliphatic rings. The molecular formula is C22H25ClN2O5S. The van der Waals surface area contributed by atoms with Crippen LogP contribution in [0, 0.1) is 0 Å². The van der Waals surface area contributed by atoms with Crippen LogP contribution in [0.3, 0.4) is 0 Å². The first kappa shape index (κ1) is 23.4. The molecule has 2 N–H and O–H groups in total. The molecule has 166 valence electrons. The van der Waals surface area contributed by atoms with Crippen LogP contribution in [0.25, 0.3) is 0 Å². The van der Waals surface area contributed by atoms with Gasteiger partial charge in [0, 0.05) is 19.5 Å². The molecule has 1 aromatic heterocycles. The number of carboxylic acid groups (broad SMARTS) is 1. The summed E-state index contributed by atoms with van der Waals surface area (Å²) in [6, 6.07) is 8.29. The van der Waals surface area contributed by atoms with Crippen molar-refractivity contribution in [2.24, 2.45) is 0 Å². The van der Waals surface area contributed by atoms with Gasteiger partial charge in [-0.1, -0.05) is 29.8 Å². The fourth-order valence-electron chi connectivity index (χ4n) is 3.47. The fourth-order valence-corrected chi connectivity index (χ4v) is 4.42. The molecular weight excluding hydrogens is 440 g/mol. The topological polar surface area (TPSA) is 95.9 Å². The lowest BCUT2D eigenvalue weighted by Crippen LogP contribution is -2.45. The van der Waals surface area contributed by atoms with Gasteiger partial charge in [0.05, 0.1) is 15.8 Å². The Kier molecular flexibility index (Phi) is 8.20. The number of ether oxygens (including phenoxy) is 1. The number of hydrogen-bond donors (Lipinski definition) is 2. The van der Waals surface area contributed by atoms with Gasteiger partial charge in [-0.15, -0.1) is 11.3 Å². The Balaban J connectivity index is 1.70. The van der Waals surface area contributed by atoms with Crippen molar-refractivity contribution in [1.29, 1.82) is 0 Å². The first-order chi connectivity index (χ1) is 14.8. The van der Waals surface area contributed by atoms with E-state index in [0.717, 1.165) is 42.8 Å². The minimum Gasteiger partial charge on any atom is -0.480 e. The largest absolute Gasteiger partial charge is 0.480 e. The zero-order valence-electron chi connectivity index (χ0n) is 17.2. The number of carboxylic acids is 1. The number of nitrogens with zero attached hydrogens (tertiary/aromatic N) is 1. The number of amides is 1. The second-order valence-corrected chi connectivity index (χ2v) is 9.30. The summed E-state index contributed by atoms with van der Waals surface area (Å²) in [5, 5.41) is 11.5. The van der Waals surface area contributed by atoms with Crippen molar-refractivity contribution < 1.29 is 24.2 Å². The zero-order chi connectivity index (χ0) is 22.4. The fraction of sp³-hybridized carbons (Fsp3) is 0.409. The van der Waals surface area contributed by atoms with Crippen molar-refractivity contribution >= 4 is 40.6 Å². The molecule has 2 heterocycles. The zero-order valence-corrected chi connectivity index (χ0v) is 18.8. The number of aliphatic carboxylic acids is 1. The third-order valence-corrected chi connectivity index (χ3v) is 6.41. The van der Waals surface area contributed by atoms with Crippen molar-refractivity contribution in [2.45, 2.75) is 25.3 Å². The highest BCUT2D eigenvalue weighted by Crippen LogP contribution is 2.22. The molecule has 0 radical (unpaired) electrons. The van der Waals surface area contributed by atoms with E-state index >= 15 is 0 Å². The monoisotopic (exact) mass is 464 g/mol. The Labute approximate surface area is 190 Å². The second kappa shape index (κ2) is 10.9. The summed E-state index contributed by atoms with van der Waals surface area (Å²) >= 11 is 6.99. The average molecular weight is 465 g/mol. The number of fused-ring (bicyclic) bond motifs is 1. The summed E-state index contributed by atoms with van der Waals surface area (Å²) in [6.45, 7) is 1.21. The maximum atomic E-state index is 13.0. The van der Waals surface area contributed by atoms with Gasteiger partial charge in [0.25, 0.3) is 5.91 Å². The predicted octanol–water partition coefficient (Wildman–Crippen LogP) is 2.44. The Morgan fingerprint density at radius 2 is 1.94 bits per heavy atom. The molecule has 2 aromatic rings. The summed E-state index contributed by atoms with van der Waals surface area (Å²) in [6.07, 6.45) is 2.02. The molecule has 0 bridgehead atoms. The number of halogens is 1. The molecule has 1 unspecified atom stereocenters. The summed E-state index contributed by atoms with van der Waals surface area (Å²) in [4.78, 5) is 38.9. The molecule has 0 saturated carbocycles. The standard InChI is InChI=1S/C22H25ClN2O5S/c1-25-8-6-15-3-2-14(10-16(15)7-9-25)11-18(26)17(12-30-13-21(27)28)24-22(29)19-4-5-20(23)31-19/h2-5,10,17H,6-9,11-13H2,1H3,(H,24,29)(H,27,28). The van der Waals surface area contributed by atoms with E-state index in [4.69, 9.17) is 21.4 Å². The van der Waals surface area contributed by atoms with Crippen molar-refractivity contribution in [3.63, 3.8) is 0 Å². The van der Waals surface area contributed by atoms with Crippen molar-refractivity contribution in [1.82, 2.24) is 10.2 Å². The van der Waals surface area contributed by atoms with Crippen LogP contribution in [0.1, 0.15) is 26.4 Å². The molecule has 1 atom stereocenters. The van der Waals surface area contributed by atoms with Gasteiger partial charge >= 0.3 is 5.97 Å². The van der Waals surface area contributed by atoms with Gasteiger partial charge in [0.15, 0.2) is 5.78 Å². The molecule has 1 aliphatic heterocycles. The summed E-state index contributed by atoms with van der Waals surface area (Å²) < 4.78 is 5.58. The number of benzene rings is 1. The third kappa shape index (κ3) is 6.87. The van der Waals surface area contributed by atoms with Gasteiger partial charge in [-0.2, -0.15) is 0 Å². The molecule has 7 nitrogen and oxygen atoms in total. The van der Waals surface area contributed by atoms with Crippen LogP contribution in [0.2, 0.25) is 4.34 Å². The van der Waals surface area contributed by atoms with Crippen LogP contribution in [-0.2, 0) is 33.6 Å². The minimum atomic E-state index is -1.14. The molecule has 0 spiro atoms. The quantitative estimate of drug-likeness (QED) is 0.591. The normalized spacial score (nSPS) is 15.0. The lowest BCUT2D eigenvalue weighted by Gasteiger charge is -2.18. The summed E-state index contributed by atoms with van der Waals surface area (Å²) in [7, 11) is 2.10. The lowest BCUT2D eigenvalue weighted by atomic mass is 9.96. The predicted molar refractivity (Wildman–Crippen MR) is 119 cm³/mol. The van der Waals surface area contributed by atoms with Gasteiger partial charge in [0.1, 0.15) is 12.6 Å². The van der Waals surface area contributed by atoms with Crippen LogP contribution in [-0.4, -0.2) is 67.1 Å². The van der Waals surface area contributed by atoms with Gasteiger partial charge in [-0.3, -0.25) is 9.59 Å². The average Bonchev–Trinajstić information content (AvgIpc) is 3.08. The Morgan fingerprint density at radius 1 is 1.19 bits per heavy atom. The Morgan fingerprint density at radius 3 is 2.61 bits per heavy atom. The third-order valence-electron chi connectivity index (χ3n) is 5.18. The number of likely N-dealkylation sites (N-methyl/N-ethyl adjacent to an activating group) is 1. The van der Waals surface area contributed by atoms with Crippen LogP contribution in [0.15, 0.2) is 30.3 Å². The summed E-state index contributed by atoms with van der Waals surface area (Å²) in [5.41, 5.74) is 3.40. The van der Waals surface area contributed by atoms with E-state index in [2.05, 4.69) is 29.4 Å². The van der Waals surface area contributed by atoms with Crippen LogP contribution in [0.4, 0.5) is 0 Å². The number of nitrogens with one attached hydrogen (secondary N) is 1. The van der Waals surface area contributed by atoms with E-state index in [9.17, 15) is 14.4 Å². The molecule has 0 aliphatic carbocycles. The van der Waals surface area contributed by atoms with E-state index in [-0.39, 0.29) is 18.8 Å². The number of carbonyl (C=O) groups excluding carboxylic acids is 2.